The van der Waals surface area contributed by atoms with Crippen molar-refractivity contribution in [1.82, 2.24) is 0 Å². The lowest BCUT2D eigenvalue weighted by Gasteiger charge is -2.38. The molecule has 0 saturated carbocycles. The van der Waals surface area contributed by atoms with Gasteiger partial charge in [-0.2, -0.15) is 0 Å². The fraction of sp³-hybridized carbons (Fsp3) is 0.562. The minimum atomic E-state index is -0.0493. The fourth-order valence-electron chi connectivity index (χ4n) is 2.63. The third-order valence-electron chi connectivity index (χ3n) is 3.90. The van der Waals surface area contributed by atoms with E-state index in [4.69, 9.17) is 4.74 Å². The molecule has 0 aromatic heterocycles. The summed E-state index contributed by atoms with van der Waals surface area (Å²) >= 11 is 0. The van der Waals surface area contributed by atoms with E-state index in [1.165, 1.54) is 6.92 Å². The van der Waals surface area contributed by atoms with Crippen molar-refractivity contribution in [3.63, 3.8) is 0 Å². The van der Waals surface area contributed by atoms with Gasteiger partial charge in [0.25, 0.3) is 0 Å². The molecule has 1 aromatic rings. The van der Waals surface area contributed by atoms with Crippen LogP contribution in [0.1, 0.15) is 40.0 Å². The van der Waals surface area contributed by atoms with Crippen LogP contribution in [-0.4, -0.2) is 24.2 Å². The Morgan fingerprint density at radius 1 is 1.45 bits per heavy atom. The lowest BCUT2D eigenvalue weighted by atomic mass is 9.90. The average Bonchev–Trinajstić information content (AvgIpc) is 2.38. The van der Waals surface area contributed by atoms with Crippen LogP contribution >= 0.6 is 0 Å². The van der Waals surface area contributed by atoms with Crippen LogP contribution in [0, 0.1) is 0 Å². The summed E-state index contributed by atoms with van der Waals surface area (Å²) < 4.78 is 5.86. The molecule has 1 fully saturated rings. The normalized spacial score (nSPS) is 26.1. The van der Waals surface area contributed by atoms with E-state index in [-0.39, 0.29) is 11.5 Å². The first kappa shape index (κ1) is 14.9. The molecule has 1 saturated heterocycles. The van der Waals surface area contributed by atoms with E-state index in [2.05, 4.69) is 24.5 Å². The van der Waals surface area contributed by atoms with Crippen molar-refractivity contribution in [3.8, 4) is 0 Å². The zero-order chi connectivity index (χ0) is 14.6. The van der Waals surface area contributed by atoms with Crippen molar-refractivity contribution in [2.24, 2.45) is 0 Å². The third-order valence-corrected chi connectivity index (χ3v) is 3.90. The van der Waals surface area contributed by atoms with Crippen molar-refractivity contribution in [1.29, 1.82) is 0 Å². The standard InChI is InChI=1S/C16H24N2O2/c1-4-16(3)11-15(8-9-20-16)18-14-7-5-6-13(10-14)17-12(2)19/h5-7,10,15,18H,4,8-9,11H2,1-3H3,(H,17,19). The Kier molecular flexibility index (Phi) is 4.65. The van der Waals surface area contributed by atoms with Gasteiger partial charge in [0.15, 0.2) is 0 Å². The van der Waals surface area contributed by atoms with Crippen LogP contribution < -0.4 is 10.6 Å². The monoisotopic (exact) mass is 276 g/mol. The maximum atomic E-state index is 11.1. The van der Waals surface area contributed by atoms with E-state index in [9.17, 15) is 4.79 Å². The Morgan fingerprint density at radius 3 is 2.90 bits per heavy atom. The second-order valence-corrected chi connectivity index (χ2v) is 5.75. The summed E-state index contributed by atoms with van der Waals surface area (Å²) in [6.07, 6.45) is 3.05. The number of benzene rings is 1. The Bertz CT molecular complexity index is 475. The predicted molar refractivity (Wildman–Crippen MR) is 82.0 cm³/mol. The molecule has 1 aliphatic rings. The number of carbonyl (C=O) groups excluding carboxylic acids is 1. The number of anilines is 2. The summed E-state index contributed by atoms with van der Waals surface area (Å²) in [6.45, 7) is 6.66. The molecular formula is C16H24N2O2. The predicted octanol–water partition coefficient (Wildman–Crippen LogP) is 3.40. The summed E-state index contributed by atoms with van der Waals surface area (Å²) in [5.41, 5.74) is 1.85. The van der Waals surface area contributed by atoms with Gasteiger partial charge in [0, 0.05) is 30.9 Å². The van der Waals surface area contributed by atoms with E-state index >= 15 is 0 Å². The molecule has 2 unspecified atom stereocenters. The topological polar surface area (TPSA) is 50.4 Å². The second-order valence-electron chi connectivity index (χ2n) is 5.75. The Labute approximate surface area is 120 Å². The van der Waals surface area contributed by atoms with Crippen molar-refractivity contribution < 1.29 is 9.53 Å². The van der Waals surface area contributed by atoms with Gasteiger partial charge in [0.05, 0.1) is 5.60 Å². The Hall–Kier alpha value is -1.55. The zero-order valence-corrected chi connectivity index (χ0v) is 12.5. The van der Waals surface area contributed by atoms with Gasteiger partial charge in [-0.1, -0.05) is 13.0 Å². The van der Waals surface area contributed by atoms with Gasteiger partial charge in [-0.3, -0.25) is 4.79 Å². The van der Waals surface area contributed by atoms with Crippen LogP contribution in [0.2, 0.25) is 0 Å². The summed E-state index contributed by atoms with van der Waals surface area (Å²) in [7, 11) is 0. The van der Waals surface area contributed by atoms with Crippen LogP contribution in [0.5, 0.6) is 0 Å². The molecule has 110 valence electrons. The highest BCUT2D eigenvalue weighted by Gasteiger charge is 2.31. The maximum absolute atomic E-state index is 11.1. The lowest BCUT2D eigenvalue weighted by molar-refractivity contribution is -0.114. The van der Waals surface area contributed by atoms with Gasteiger partial charge in [-0.15, -0.1) is 0 Å². The molecular weight excluding hydrogens is 252 g/mol. The number of rotatable bonds is 4. The number of carbonyl (C=O) groups is 1. The zero-order valence-electron chi connectivity index (χ0n) is 12.5. The molecule has 0 aliphatic carbocycles. The first-order chi connectivity index (χ1) is 9.50. The van der Waals surface area contributed by atoms with Gasteiger partial charge in [0.1, 0.15) is 0 Å². The maximum Gasteiger partial charge on any atom is 0.221 e. The molecule has 1 amide bonds. The SMILES string of the molecule is CCC1(C)CC(Nc2cccc(NC(C)=O)c2)CCO1. The van der Waals surface area contributed by atoms with Crippen molar-refractivity contribution in [3.05, 3.63) is 24.3 Å². The number of hydrogen-bond donors (Lipinski definition) is 2. The number of amides is 1. The summed E-state index contributed by atoms with van der Waals surface area (Å²) in [6, 6.07) is 8.27. The van der Waals surface area contributed by atoms with Crippen LogP contribution in [0.25, 0.3) is 0 Å². The van der Waals surface area contributed by atoms with Gasteiger partial charge >= 0.3 is 0 Å². The molecule has 0 spiro atoms. The van der Waals surface area contributed by atoms with Gasteiger partial charge in [0.2, 0.25) is 5.91 Å². The quantitative estimate of drug-likeness (QED) is 0.886. The molecule has 4 nitrogen and oxygen atoms in total. The van der Waals surface area contributed by atoms with Crippen molar-refractivity contribution >= 4 is 17.3 Å². The van der Waals surface area contributed by atoms with E-state index in [0.29, 0.717) is 6.04 Å². The van der Waals surface area contributed by atoms with E-state index in [0.717, 1.165) is 37.2 Å². The van der Waals surface area contributed by atoms with E-state index in [1.807, 2.05) is 24.3 Å². The highest BCUT2D eigenvalue weighted by molar-refractivity contribution is 5.89. The number of ether oxygens (including phenoxy) is 1. The number of hydrogen-bond acceptors (Lipinski definition) is 3. The molecule has 1 heterocycles. The van der Waals surface area contributed by atoms with Crippen LogP contribution in [0.15, 0.2) is 24.3 Å². The van der Waals surface area contributed by atoms with Gasteiger partial charge in [-0.25, -0.2) is 0 Å². The highest BCUT2D eigenvalue weighted by Crippen LogP contribution is 2.29. The van der Waals surface area contributed by atoms with Crippen molar-refractivity contribution in [2.45, 2.75) is 51.7 Å². The summed E-state index contributed by atoms with van der Waals surface area (Å²) in [5.74, 6) is -0.0493. The summed E-state index contributed by atoms with van der Waals surface area (Å²) in [4.78, 5) is 11.1. The molecule has 0 bridgehead atoms. The highest BCUT2D eigenvalue weighted by atomic mass is 16.5. The minimum Gasteiger partial charge on any atom is -0.382 e. The molecule has 1 aliphatic heterocycles. The first-order valence-electron chi connectivity index (χ1n) is 7.29. The molecule has 20 heavy (non-hydrogen) atoms. The molecule has 2 N–H and O–H groups in total. The Balaban J connectivity index is 2.00. The average molecular weight is 276 g/mol. The molecule has 1 aromatic carbocycles. The van der Waals surface area contributed by atoms with Crippen molar-refractivity contribution in [2.75, 3.05) is 17.2 Å². The largest absolute Gasteiger partial charge is 0.382 e. The number of nitrogens with one attached hydrogen (secondary N) is 2. The Morgan fingerprint density at radius 2 is 2.20 bits per heavy atom. The van der Waals surface area contributed by atoms with Crippen LogP contribution in [-0.2, 0) is 9.53 Å². The second kappa shape index (κ2) is 6.27. The fourth-order valence-corrected chi connectivity index (χ4v) is 2.63. The first-order valence-corrected chi connectivity index (χ1v) is 7.29. The third kappa shape index (κ3) is 3.97. The molecule has 0 radical (unpaired) electrons. The van der Waals surface area contributed by atoms with Crippen LogP contribution in [0.3, 0.4) is 0 Å². The smallest absolute Gasteiger partial charge is 0.221 e. The molecule has 4 heteroatoms. The van der Waals surface area contributed by atoms with Gasteiger partial charge in [-0.05, 0) is 44.4 Å². The van der Waals surface area contributed by atoms with Crippen LogP contribution in [0.4, 0.5) is 11.4 Å². The summed E-state index contributed by atoms with van der Waals surface area (Å²) in [5, 5.41) is 6.36. The minimum absolute atomic E-state index is 0.0227. The van der Waals surface area contributed by atoms with Gasteiger partial charge < -0.3 is 15.4 Å². The lowest BCUT2D eigenvalue weighted by Crippen LogP contribution is -2.41. The molecule has 2 rings (SSSR count). The van der Waals surface area contributed by atoms with E-state index < -0.39 is 0 Å². The van der Waals surface area contributed by atoms with E-state index in [1.54, 1.807) is 0 Å². The molecule has 2 atom stereocenters.